The van der Waals surface area contributed by atoms with Crippen LogP contribution in [0.3, 0.4) is 0 Å². The molecule has 0 saturated heterocycles. The third kappa shape index (κ3) is 4.60. The Balaban J connectivity index is 1.69. The number of anilines is 1. The number of nitrogens with zero attached hydrogens (tertiary/aromatic N) is 2. The number of hydrogen-bond donors (Lipinski definition) is 1. The fraction of sp³-hybridized carbons (Fsp3) is 0.150. The predicted octanol–water partition coefficient (Wildman–Crippen LogP) is 3.90. The Kier molecular flexibility index (Phi) is 5.66. The molecule has 0 fully saturated rings. The number of amides is 1. The number of carbonyl (C=O) groups excluding carboxylic acids is 1. The summed E-state index contributed by atoms with van der Waals surface area (Å²) in [6.45, 7) is 2.32. The van der Waals surface area contributed by atoms with E-state index in [1.807, 2.05) is 13.0 Å². The van der Waals surface area contributed by atoms with Crippen LogP contribution in [0.5, 0.6) is 0 Å². The highest BCUT2D eigenvalue weighted by Gasteiger charge is 2.09. The maximum atomic E-state index is 13.2. The van der Waals surface area contributed by atoms with Crippen molar-refractivity contribution in [1.82, 2.24) is 9.55 Å². The van der Waals surface area contributed by atoms with Crippen LogP contribution in [0.4, 0.5) is 10.2 Å². The minimum atomic E-state index is -0.453. The van der Waals surface area contributed by atoms with Crippen LogP contribution in [-0.2, 0) is 13.0 Å². The van der Waals surface area contributed by atoms with Gasteiger partial charge in [0, 0.05) is 25.0 Å². The first-order valence-electron chi connectivity index (χ1n) is 8.37. The summed E-state index contributed by atoms with van der Waals surface area (Å²) in [7, 11) is 0. The van der Waals surface area contributed by atoms with Crippen molar-refractivity contribution in [3.05, 3.63) is 92.7 Å². The number of benzene rings is 1. The van der Waals surface area contributed by atoms with Crippen LogP contribution in [0.1, 0.15) is 28.4 Å². The molecule has 5 nitrogen and oxygen atoms in total. The van der Waals surface area contributed by atoms with E-state index in [-0.39, 0.29) is 16.5 Å². The van der Waals surface area contributed by atoms with Gasteiger partial charge in [-0.05, 0) is 48.7 Å². The van der Waals surface area contributed by atoms with E-state index < -0.39 is 5.82 Å². The van der Waals surface area contributed by atoms with Crippen LogP contribution < -0.4 is 10.9 Å². The quantitative estimate of drug-likeness (QED) is 0.724. The molecule has 0 atom stereocenters. The molecule has 1 aromatic carbocycles. The van der Waals surface area contributed by atoms with Crippen LogP contribution in [-0.4, -0.2) is 15.5 Å². The highest BCUT2D eigenvalue weighted by molar-refractivity contribution is 6.30. The van der Waals surface area contributed by atoms with E-state index in [4.69, 9.17) is 11.6 Å². The third-order valence-corrected chi connectivity index (χ3v) is 4.33. The van der Waals surface area contributed by atoms with Gasteiger partial charge in [0.05, 0.1) is 10.6 Å². The fourth-order valence-corrected chi connectivity index (χ4v) is 2.79. The lowest BCUT2D eigenvalue weighted by Crippen LogP contribution is -2.21. The molecule has 3 aromatic rings. The second kappa shape index (κ2) is 8.14. The van der Waals surface area contributed by atoms with Gasteiger partial charge < -0.3 is 9.88 Å². The van der Waals surface area contributed by atoms with Crippen LogP contribution >= 0.6 is 11.6 Å². The molecule has 2 aromatic heterocycles. The molecule has 0 aliphatic rings. The molecular formula is C20H17ClFN3O2. The zero-order chi connectivity index (χ0) is 19.4. The van der Waals surface area contributed by atoms with Crippen LogP contribution in [0.15, 0.2) is 59.7 Å². The first kappa shape index (κ1) is 18.8. The number of aromatic nitrogens is 2. The summed E-state index contributed by atoms with van der Waals surface area (Å²) in [5, 5.41) is 2.78. The number of pyridine rings is 2. The van der Waals surface area contributed by atoms with E-state index in [9.17, 15) is 14.0 Å². The van der Waals surface area contributed by atoms with Crippen molar-refractivity contribution in [2.75, 3.05) is 5.32 Å². The van der Waals surface area contributed by atoms with Gasteiger partial charge >= 0.3 is 0 Å². The Bertz CT molecular complexity index is 1030. The molecule has 3 rings (SSSR count). The van der Waals surface area contributed by atoms with Gasteiger partial charge in [0.2, 0.25) is 0 Å². The topological polar surface area (TPSA) is 64.0 Å². The molecular weight excluding hydrogens is 369 g/mol. The summed E-state index contributed by atoms with van der Waals surface area (Å²) in [6, 6.07) is 10.9. The van der Waals surface area contributed by atoms with Gasteiger partial charge in [0.1, 0.15) is 11.6 Å². The monoisotopic (exact) mass is 385 g/mol. The van der Waals surface area contributed by atoms with Crippen molar-refractivity contribution in [3.63, 3.8) is 0 Å². The Morgan fingerprint density at radius 1 is 1.19 bits per heavy atom. The standard InChI is InChI=1S/C20H17ClFN3O2/c1-2-25-12-15(5-8-19(25)26)20(27)24-18-7-4-14(11-23-18)9-13-3-6-17(22)16(21)10-13/h3-8,10-12H,2,9H2,1H3,(H,23,24,27). The molecule has 0 radical (unpaired) electrons. The summed E-state index contributed by atoms with van der Waals surface area (Å²) in [4.78, 5) is 28.2. The SMILES string of the molecule is CCn1cc(C(=O)Nc2ccc(Cc3ccc(F)c(Cl)c3)cn2)ccc1=O. The Hall–Kier alpha value is -2.99. The normalized spacial score (nSPS) is 10.6. The van der Waals surface area contributed by atoms with Gasteiger partial charge in [0.25, 0.3) is 11.5 Å². The molecule has 1 amide bonds. The Morgan fingerprint density at radius 2 is 1.96 bits per heavy atom. The zero-order valence-corrected chi connectivity index (χ0v) is 15.3. The predicted molar refractivity (Wildman–Crippen MR) is 103 cm³/mol. The van der Waals surface area contributed by atoms with E-state index in [1.54, 1.807) is 24.4 Å². The van der Waals surface area contributed by atoms with Gasteiger partial charge in [-0.1, -0.05) is 23.7 Å². The number of carbonyl (C=O) groups is 1. The maximum absolute atomic E-state index is 13.2. The molecule has 0 unspecified atom stereocenters. The smallest absolute Gasteiger partial charge is 0.258 e. The van der Waals surface area contributed by atoms with Gasteiger partial charge in [-0.2, -0.15) is 0 Å². The van der Waals surface area contributed by atoms with Crippen molar-refractivity contribution in [2.24, 2.45) is 0 Å². The molecule has 7 heteroatoms. The molecule has 0 saturated carbocycles. The second-order valence-corrected chi connectivity index (χ2v) is 6.38. The van der Waals surface area contributed by atoms with Crippen molar-refractivity contribution in [2.45, 2.75) is 19.9 Å². The molecule has 0 bridgehead atoms. The lowest BCUT2D eigenvalue weighted by atomic mass is 10.1. The van der Waals surface area contributed by atoms with Crippen LogP contribution in [0.25, 0.3) is 0 Å². The van der Waals surface area contributed by atoms with E-state index >= 15 is 0 Å². The third-order valence-electron chi connectivity index (χ3n) is 4.04. The zero-order valence-electron chi connectivity index (χ0n) is 14.6. The molecule has 2 heterocycles. The number of rotatable bonds is 5. The Morgan fingerprint density at radius 3 is 2.63 bits per heavy atom. The van der Waals surface area contributed by atoms with Crippen LogP contribution in [0, 0.1) is 5.82 Å². The van der Waals surface area contributed by atoms with E-state index in [0.717, 1.165) is 11.1 Å². The first-order valence-corrected chi connectivity index (χ1v) is 8.74. The molecule has 0 spiro atoms. The summed E-state index contributed by atoms with van der Waals surface area (Å²) in [6.07, 6.45) is 3.70. The van der Waals surface area contributed by atoms with Crippen molar-refractivity contribution in [3.8, 4) is 0 Å². The first-order chi connectivity index (χ1) is 13.0. The van der Waals surface area contributed by atoms with Gasteiger partial charge in [-0.25, -0.2) is 9.37 Å². The fourth-order valence-electron chi connectivity index (χ4n) is 2.59. The van der Waals surface area contributed by atoms with Gasteiger partial charge in [0.15, 0.2) is 0 Å². The van der Waals surface area contributed by atoms with E-state index in [0.29, 0.717) is 24.3 Å². The van der Waals surface area contributed by atoms with Gasteiger partial charge in [-0.3, -0.25) is 9.59 Å². The summed E-state index contributed by atoms with van der Waals surface area (Å²) in [5.41, 5.74) is 1.98. The molecule has 27 heavy (non-hydrogen) atoms. The largest absolute Gasteiger partial charge is 0.315 e. The minimum absolute atomic E-state index is 0.0813. The molecule has 0 aliphatic carbocycles. The lowest BCUT2D eigenvalue weighted by Gasteiger charge is -2.08. The maximum Gasteiger partial charge on any atom is 0.258 e. The average Bonchev–Trinajstić information content (AvgIpc) is 2.66. The molecule has 138 valence electrons. The number of nitrogens with one attached hydrogen (secondary N) is 1. The molecule has 1 N–H and O–H groups in total. The number of hydrogen-bond acceptors (Lipinski definition) is 3. The Labute approximate surface area is 160 Å². The average molecular weight is 386 g/mol. The van der Waals surface area contributed by atoms with Crippen molar-refractivity contribution < 1.29 is 9.18 Å². The summed E-state index contributed by atoms with van der Waals surface area (Å²) >= 11 is 5.79. The minimum Gasteiger partial charge on any atom is -0.315 e. The summed E-state index contributed by atoms with van der Waals surface area (Å²) in [5.74, 6) is -0.399. The number of aryl methyl sites for hydroxylation is 1. The summed E-state index contributed by atoms with van der Waals surface area (Å²) < 4.78 is 14.7. The van der Waals surface area contributed by atoms with Crippen molar-refractivity contribution in [1.29, 1.82) is 0 Å². The van der Waals surface area contributed by atoms with E-state index in [1.165, 1.54) is 29.0 Å². The number of halogens is 2. The van der Waals surface area contributed by atoms with Crippen molar-refractivity contribution >= 4 is 23.3 Å². The van der Waals surface area contributed by atoms with Gasteiger partial charge in [-0.15, -0.1) is 0 Å². The lowest BCUT2D eigenvalue weighted by molar-refractivity contribution is 0.102. The molecule has 0 aliphatic heterocycles. The highest BCUT2D eigenvalue weighted by Crippen LogP contribution is 2.18. The van der Waals surface area contributed by atoms with Crippen LogP contribution in [0.2, 0.25) is 5.02 Å². The second-order valence-electron chi connectivity index (χ2n) is 5.97. The van der Waals surface area contributed by atoms with E-state index in [2.05, 4.69) is 10.3 Å². The highest BCUT2D eigenvalue weighted by atomic mass is 35.5.